The molecule has 280 valence electrons. The van der Waals surface area contributed by atoms with E-state index < -0.39 is 23.3 Å². The Balaban J connectivity index is 1.53. The zero-order valence-corrected chi connectivity index (χ0v) is 30.6. The van der Waals surface area contributed by atoms with Gasteiger partial charge in [0.15, 0.2) is 0 Å². The predicted molar refractivity (Wildman–Crippen MR) is 186 cm³/mol. The van der Waals surface area contributed by atoms with Crippen molar-refractivity contribution in [1.82, 2.24) is 0 Å². The number of hydrogen-bond donors (Lipinski definition) is 3. The lowest BCUT2D eigenvalue weighted by Gasteiger charge is -2.64. The first-order valence-corrected chi connectivity index (χ1v) is 19.3. The molecule has 0 aromatic carbocycles. The van der Waals surface area contributed by atoms with Crippen LogP contribution in [0.25, 0.3) is 0 Å². The van der Waals surface area contributed by atoms with Gasteiger partial charge in [0.2, 0.25) is 0 Å². The van der Waals surface area contributed by atoms with Crippen LogP contribution >= 0.6 is 0 Å². The van der Waals surface area contributed by atoms with E-state index in [9.17, 15) is 19.2 Å². The summed E-state index contributed by atoms with van der Waals surface area (Å²) in [5.41, 5.74) is 16.6. The minimum absolute atomic E-state index is 0.0669. The molecule has 4 aliphatic carbocycles. The molecule has 0 aromatic heterocycles. The second kappa shape index (κ2) is 17.8. The molecule has 6 unspecified atom stereocenters. The molecule has 11 atom stereocenters. The van der Waals surface area contributed by atoms with Crippen molar-refractivity contribution in [2.24, 2.45) is 63.5 Å². The van der Waals surface area contributed by atoms with Gasteiger partial charge in [0, 0.05) is 17.8 Å². The molecular weight excluding hydrogens is 626 g/mol. The van der Waals surface area contributed by atoms with Gasteiger partial charge < -0.3 is 36.1 Å². The zero-order valence-electron chi connectivity index (χ0n) is 30.6. The van der Waals surface area contributed by atoms with Crippen LogP contribution in [-0.2, 0) is 38.1 Å². The third-order valence-electron chi connectivity index (χ3n) is 13.4. The Labute approximate surface area is 293 Å². The number of carbonyl (C=O) groups is 4. The highest BCUT2D eigenvalue weighted by Crippen LogP contribution is 2.69. The Bertz CT molecular complexity index is 1140. The second-order valence-corrected chi connectivity index (χ2v) is 16.0. The van der Waals surface area contributed by atoms with Gasteiger partial charge in [-0.15, -0.1) is 0 Å². The van der Waals surface area contributed by atoms with Gasteiger partial charge in [-0.1, -0.05) is 59.8 Å². The normalized spacial score (nSPS) is 35.7. The Morgan fingerprint density at radius 2 is 1.41 bits per heavy atom. The summed E-state index contributed by atoms with van der Waals surface area (Å²) in [7, 11) is 0. The minimum atomic E-state index is -0.421. The van der Waals surface area contributed by atoms with Crippen LogP contribution in [-0.4, -0.2) is 68.4 Å². The minimum Gasteiger partial charge on any atom is -0.466 e. The number of nitrogens with two attached hydrogens (primary N) is 3. The van der Waals surface area contributed by atoms with Gasteiger partial charge >= 0.3 is 23.9 Å². The molecule has 0 radical (unpaired) electrons. The average Bonchev–Trinajstić information content (AvgIpc) is 3.45. The smallest absolute Gasteiger partial charge is 0.319 e. The van der Waals surface area contributed by atoms with Gasteiger partial charge in [0.1, 0.15) is 18.3 Å². The monoisotopic (exact) mass is 691 g/mol. The zero-order chi connectivity index (χ0) is 35.8. The summed E-state index contributed by atoms with van der Waals surface area (Å²) in [4.78, 5) is 50.5. The van der Waals surface area contributed by atoms with Crippen LogP contribution in [0.4, 0.5) is 0 Å². The fourth-order valence-corrected chi connectivity index (χ4v) is 10.8. The number of fused-ring (bicyclic) bond motifs is 5. The molecule has 49 heavy (non-hydrogen) atoms. The first-order chi connectivity index (χ1) is 23.4. The number of rotatable bonds is 17. The van der Waals surface area contributed by atoms with E-state index in [1.165, 1.54) is 25.7 Å². The largest absolute Gasteiger partial charge is 0.466 e. The molecule has 11 nitrogen and oxygen atoms in total. The maximum atomic E-state index is 12.9. The quantitative estimate of drug-likeness (QED) is 0.108. The predicted octanol–water partition coefficient (Wildman–Crippen LogP) is 4.80. The number of ether oxygens (including phenoxy) is 4. The Kier molecular flexibility index (Phi) is 14.4. The number of unbranched alkanes of at least 4 members (excludes halogenated alkanes) is 5. The van der Waals surface area contributed by atoms with Crippen LogP contribution in [0.15, 0.2) is 0 Å². The molecule has 0 bridgehead atoms. The fourth-order valence-electron chi connectivity index (χ4n) is 10.8. The molecule has 0 heterocycles. The summed E-state index contributed by atoms with van der Waals surface area (Å²) in [5.74, 6) is -0.547. The van der Waals surface area contributed by atoms with E-state index in [2.05, 4.69) is 27.7 Å². The summed E-state index contributed by atoms with van der Waals surface area (Å²) in [6.45, 7) is 8.92. The summed E-state index contributed by atoms with van der Waals surface area (Å²) in [6.07, 6.45) is 12.4. The molecule has 11 heteroatoms. The lowest BCUT2D eigenvalue weighted by molar-refractivity contribution is -0.225. The third-order valence-corrected chi connectivity index (χ3v) is 13.4. The van der Waals surface area contributed by atoms with Gasteiger partial charge in [-0.05, 0) is 92.8 Å². The molecule has 4 rings (SSSR count). The molecule has 0 aromatic rings. The highest BCUT2D eigenvalue weighted by atomic mass is 16.6. The molecule has 4 fully saturated rings. The van der Waals surface area contributed by atoms with E-state index in [-0.39, 0.29) is 84.8 Å². The molecule has 6 N–H and O–H groups in total. The summed E-state index contributed by atoms with van der Waals surface area (Å²) in [6, 6.07) is 0. The fraction of sp³-hybridized carbons (Fsp3) is 0.895. The number of esters is 4. The van der Waals surface area contributed by atoms with E-state index >= 15 is 0 Å². The average molecular weight is 692 g/mol. The van der Waals surface area contributed by atoms with E-state index in [1.807, 2.05) is 0 Å². The van der Waals surface area contributed by atoms with E-state index in [4.69, 9.17) is 36.1 Å². The van der Waals surface area contributed by atoms with Crippen LogP contribution in [0.2, 0.25) is 0 Å². The standard InChI is InChI=1S/C38H65N3O8/c1-5-6-7-8-9-10-17-46-32(42)14-11-24(2)27-12-13-28-36-29(20-31(38(27,28)4)49-35(45)23-41)37(3)16-15-26(47-33(43)21-39)18-25(37)19-30(36)48-34(44)22-40/h24-31,36H,5-23,39-41H2,1-4H3/t24?,25?,26-,27?,28+,29+,30-,31+,36?,37?,38?/m1/s1. The lowest BCUT2D eigenvalue weighted by Crippen LogP contribution is -2.63. The first-order valence-electron chi connectivity index (χ1n) is 19.3. The van der Waals surface area contributed by atoms with Crippen molar-refractivity contribution in [2.45, 2.75) is 142 Å². The van der Waals surface area contributed by atoms with E-state index in [0.29, 0.717) is 38.7 Å². The van der Waals surface area contributed by atoms with Gasteiger partial charge in [0.05, 0.1) is 26.2 Å². The van der Waals surface area contributed by atoms with Gasteiger partial charge in [-0.25, -0.2) is 0 Å². The van der Waals surface area contributed by atoms with Crippen LogP contribution in [0.5, 0.6) is 0 Å². The molecule has 4 aliphatic rings. The van der Waals surface area contributed by atoms with Crippen molar-refractivity contribution in [3.05, 3.63) is 0 Å². The Hall–Kier alpha value is -2.24. The first kappa shape index (κ1) is 39.5. The van der Waals surface area contributed by atoms with Crippen LogP contribution in [0, 0.1) is 46.3 Å². The van der Waals surface area contributed by atoms with Crippen LogP contribution < -0.4 is 17.2 Å². The van der Waals surface area contributed by atoms with E-state index in [1.54, 1.807) is 0 Å². The summed E-state index contributed by atoms with van der Waals surface area (Å²) >= 11 is 0. The lowest BCUT2D eigenvalue weighted by atomic mass is 9.43. The number of carbonyl (C=O) groups excluding carboxylic acids is 4. The van der Waals surface area contributed by atoms with Crippen molar-refractivity contribution in [3.63, 3.8) is 0 Å². The van der Waals surface area contributed by atoms with Gasteiger partial charge in [-0.3, -0.25) is 19.2 Å². The number of hydrogen-bond acceptors (Lipinski definition) is 11. The molecule has 0 saturated heterocycles. The topological polar surface area (TPSA) is 183 Å². The highest BCUT2D eigenvalue weighted by Gasteiger charge is 2.67. The van der Waals surface area contributed by atoms with Crippen molar-refractivity contribution in [2.75, 3.05) is 26.2 Å². The summed E-state index contributed by atoms with van der Waals surface area (Å²) in [5, 5.41) is 0. The summed E-state index contributed by atoms with van der Waals surface area (Å²) < 4.78 is 23.8. The second-order valence-electron chi connectivity index (χ2n) is 16.0. The Morgan fingerprint density at radius 1 is 0.755 bits per heavy atom. The van der Waals surface area contributed by atoms with Crippen molar-refractivity contribution < 1.29 is 38.1 Å². The maximum Gasteiger partial charge on any atom is 0.319 e. The molecule has 0 spiro atoms. The maximum absolute atomic E-state index is 12.9. The molecule has 0 amide bonds. The molecule has 4 saturated carbocycles. The van der Waals surface area contributed by atoms with E-state index in [0.717, 1.165) is 38.5 Å². The molecule has 0 aliphatic heterocycles. The van der Waals surface area contributed by atoms with Gasteiger partial charge in [0.25, 0.3) is 0 Å². The van der Waals surface area contributed by atoms with Crippen LogP contribution in [0.3, 0.4) is 0 Å². The van der Waals surface area contributed by atoms with Crippen LogP contribution in [0.1, 0.15) is 124 Å². The van der Waals surface area contributed by atoms with Crippen molar-refractivity contribution in [3.8, 4) is 0 Å². The van der Waals surface area contributed by atoms with Gasteiger partial charge in [-0.2, -0.15) is 0 Å². The molecular formula is C38H65N3O8. The SMILES string of the molecule is CCCCCCCCOC(=O)CCC(C)C1CC[C@H]2C3[C@H](OC(=O)CN)CC4C[C@H](OC(=O)CN)CCC4(C)[C@H]3C[C@H](OC(=O)CN)C12C. The van der Waals surface area contributed by atoms with Crippen molar-refractivity contribution >= 4 is 23.9 Å². The highest BCUT2D eigenvalue weighted by molar-refractivity contribution is 5.72. The Morgan fingerprint density at radius 3 is 2.10 bits per heavy atom. The van der Waals surface area contributed by atoms with Crippen molar-refractivity contribution in [1.29, 1.82) is 0 Å². The third kappa shape index (κ3) is 8.98.